The van der Waals surface area contributed by atoms with E-state index in [-0.39, 0.29) is 37.7 Å². The van der Waals surface area contributed by atoms with Crippen LogP contribution >= 0.6 is 11.3 Å². The molecule has 0 atom stereocenters. The number of piperazine rings is 1. The standard InChI is InChI=1S/C22H29N3O4S2/c1-17-3-4-18(2)20(15-17)31(28,29)25-12-10-24(11-13-25)22(27)6-5-21(26)23-9-7-19-8-14-30-16-19/h3-4,8,14-16H,5-7,9-13H2,1-2H3,(H,23,26). The van der Waals surface area contributed by atoms with Crippen LogP contribution in [0.5, 0.6) is 0 Å². The summed E-state index contributed by atoms with van der Waals surface area (Å²) in [5.74, 6) is -0.253. The molecule has 1 N–H and O–H groups in total. The molecule has 0 saturated carbocycles. The van der Waals surface area contributed by atoms with Crippen molar-refractivity contribution in [3.8, 4) is 0 Å². The van der Waals surface area contributed by atoms with Gasteiger partial charge >= 0.3 is 0 Å². The smallest absolute Gasteiger partial charge is 0.243 e. The van der Waals surface area contributed by atoms with Crippen LogP contribution in [0.2, 0.25) is 0 Å². The summed E-state index contributed by atoms with van der Waals surface area (Å²) in [7, 11) is -3.59. The van der Waals surface area contributed by atoms with Gasteiger partial charge in [-0.05, 0) is 59.9 Å². The molecule has 0 unspecified atom stereocenters. The van der Waals surface area contributed by atoms with E-state index < -0.39 is 10.0 Å². The van der Waals surface area contributed by atoms with Crippen molar-refractivity contribution < 1.29 is 18.0 Å². The summed E-state index contributed by atoms with van der Waals surface area (Å²) in [6.07, 6.45) is 1.05. The lowest BCUT2D eigenvalue weighted by atomic mass is 10.2. The Morgan fingerprint density at radius 1 is 1.06 bits per heavy atom. The molecule has 1 saturated heterocycles. The maximum Gasteiger partial charge on any atom is 0.243 e. The summed E-state index contributed by atoms with van der Waals surface area (Å²) in [4.78, 5) is 26.4. The molecule has 9 heteroatoms. The Kier molecular flexibility index (Phi) is 7.85. The Bertz CT molecular complexity index is 1010. The summed E-state index contributed by atoms with van der Waals surface area (Å²) < 4.78 is 27.5. The minimum absolute atomic E-state index is 0.114. The van der Waals surface area contributed by atoms with Gasteiger partial charge in [-0.3, -0.25) is 9.59 Å². The molecule has 2 heterocycles. The van der Waals surface area contributed by atoms with Crippen molar-refractivity contribution in [1.82, 2.24) is 14.5 Å². The molecule has 1 fully saturated rings. The second-order valence-electron chi connectivity index (χ2n) is 7.79. The predicted molar refractivity (Wildman–Crippen MR) is 122 cm³/mol. The zero-order valence-electron chi connectivity index (χ0n) is 18.0. The van der Waals surface area contributed by atoms with Crippen molar-refractivity contribution in [2.45, 2.75) is 38.0 Å². The first kappa shape index (κ1) is 23.4. The lowest BCUT2D eigenvalue weighted by molar-refractivity contribution is -0.134. The summed E-state index contributed by atoms with van der Waals surface area (Å²) in [6.45, 7) is 5.40. The van der Waals surface area contributed by atoms with Crippen LogP contribution in [0.4, 0.5) is 0 Å². The normalized spacial score (nSPS) is 15.1. The van der Waals surface area contributed by atoms with Gasteiger partial charge in [0.25, 0.3) is 0 Å². The maximum atomic E-state index is 13.0. The fraction of sp³-hybridized carbons (Fsp3) is 0.455. The fourth-order valence-electron chi connectivity index (χ4n) is 3.55. The van der Waals surface area contributed by atoms with Crippen molar-refractivity contribution in [2.75, 3.05) is 32.7 Å². The fourth-order valence-corrected chi connectivity index (χ4v) is 5.99. The highest BCUT2D eigenvalue weighted by Crippen LogP contribution is 2.22. The molecule has 0 radical (unpaired) electrons. The Morgan fingerprint density at radius 3 is 2.48 bits per heavy atom. The van der Waals surface area contributed by atoms with Crippen LogP contribution in [-0.4, -0.2) is 62.2 Å². The Balaban J connectivity index is 1.44. The molecule has 0 aliphatic carbocycles. The Morgan fingerprint density at radius 2 is 1.81 bits per heavy atom. The van der Waals surface area contributed by atoms with Gasteiger partial charge in [-0.25, -0.2) is 8.42 Å². The van der Waals surface area contributed by atoms with E-state index in [1.807, 2.05) is 30.5 Å². The van der Waals surface area contributed by atoms with Crippen LogP contribution in [-0.2, 0) is 26.0 Å². The summed E-state index contributed by atoms with van der Waals surface area (Å²) in [5, 5.41) is 6.90. The Labute approximate surface area is 188 Å². The van der Waals surface area contributed by atoms with Crippen molar-refractivity contribution in [3.63, 3.8) is 0 Å². The molecule has 1 aromatic carbocycles. The first-order chi connectivity index (χ1) is 14.8. The summed E-state index contributed by atoms with van der Waals surface area (Å²) in [5.41, 5.74) is 2.80. The molecular weight excluding hydrogens is 434 g/mol. The van der Waals surface area contributed by atoms with Gasteiger partial charge in [0.05, 0.1) is 4.90 Å². The van der Waals surface area contributed by atoms with Crippen LogP contribution in [0, 0.1) is 13.8 Å². The molecule has 168 valence electrons. The van der Waals surface area contributed by atoms with E-state index in [1.165, 1.54) is 9.87 Å². The highest BCUT2D eigenvalue weighted by molar-refractivity contribution is 7.89. The maximum absolute atomic E-state index is 13.0. The highest BCUT2D eigenvalue weighted by atomic mass is 32.2. The molecule has 7 nitrogen and oxygen atoms in total. The molecule has 1 aliphatic rings. The quantitative estimate of drug-likeness (QED) is 0.651. The number of sulfonamides is 1. The van der Waals surface area contributed by atoms with Crippen molar-refractivity contribution in [3.05, 3.63) is 51.7 Å². The van der Waals surface area contributed by atoms with Gasteiger partial charge in [0.1, 0.15) is 0 Å². The molecule has 3 rings (SSSR count). The number of nitrogens with zero attached hydrogens (tertiary/aromatic N) is 2. The van der Waals surface area contributed by atoms with Gasteiger partial charge in [-0.15, -0.1) is 0 Å². The van der Waals surface area contributed by atoms with Crippen LogP contribution < -0.4 is 5.32 Å². The van der Waals surface area contributed by atoms with Crippen LogP contribution in [0.25, 0.3) is 0 Å². The van der Waals surface area contributed by atoms with Gasteiger partial charge in [0.15, 0.2) is 0 Å². The van der Waals surface area contributed by atoms with E-state index in [1.54, 1.807) is 29.2 Å². The number of benzene rings is 1. The zero-order valence-corrected chi connectivity index (χ0v) is 19.6. The third-order valence-electron chi connectivity index (χ3n) is 5.43. The number of hydrogen-bond acceptors (Lipinski definition) is 5. The van der Waals surface area contributed by atoms with E-state index in [2.05, 4.69) is 10.7 Å². The van der Waals surface area contributed by atoms with Crippen LogP contribution in [0.15, 0.2) is 39.9 Å². The van der Waals surface area contributed by atoms with E-state index in [0.29, 0.717) is 30.1 Å². The average Bonchev–Trinajstić information content (AvgIpc) is 3.27. The van der Waals surface area contributed by atoms with E-state index in [9.17, 15) is 18.0 Å². The number of carbonyl (C=O) groups is 2. The monoisotopic (exact) mass is 463 g/mol. The van der Waals surface area contributed by atoms with Crippen molar-refractivity contribution in [2.24, 2.45) is 0 Å². The summed E-state index contributed by atoms with van der Waals surface area (Å²) >= 11 is 1.63. The predicted octanol–water partition coefficient (Wildman–Crippen LogP) is 2.34. The van der Waals surface area contributed by atoms with Gasteiger partial charge in [0.2, 0.25) is 21.8 Å². The van der Waals surface area contributed by atoms with E-state index >= 15 is 0 Å². The minimum Gasteiger partial charge on any atom is -0.356 e. The molecule has 2 amide bonds. The lowest BCUT2D eigenvalue weighted by Crippen LogP contribution is -2.50. The molecule has 2 aromatic rings. The van der Waals surface area contributed by atoms with Gasteiger partial charge < -0.3 is 10.2 Å². The number of amides is 2. The third-order valence-corrected chi connectivity index (χ3v) is 8.21. The zero-order chi connectivity index (χ0) is 22.4. The van der Waals surface area contributed by atoms with Gasteiger partial charge in [-0.2, -0.15) is 15.6 Å². The molecule has 0 bridgehead atoms. The molecule has 31 heavy (non-hydrogen) atoms. The number of rotatable bonds is 8. The van der Waals surface area contributed by atoms with E-state index in [4.69, 9.17) is 0 Å². The Hall–Kier alpha value is -2.23. The number of thiophene rings is 1. The number of carbonyl (C=O) groups excluding carboxylic acids is 2. The number of hydrogen-bond donors (Lipinski definition) is 1. The largest absolute Gasteiger partial charge is 0.356 e. The molecular formula is C22H29N3O4S2. The van der Waals surface area contributed by atoms with Crippen molar-refractivity contribution in [1.29, 1.82) is 0 Å². The average molecular weight is 464 g/mol. The molecule has 1 aromatic heterocycles. The topological polar surface area (TPSA) is 86.8 Å². The first-order valence-corrected chi connectivity index (χ1v) is 12.8. The van der Waals surface area contributed by atoms with Gasteiger partial charge in [-0.1, -0.05) is 12.1 Å². The SMILES string of the molecule is Cc1ccc(C)c(S(=O)(=O)N2CCN(C(=O)CCC(=O)NCCc3ccsc3)CC2)c1. The molecule has 0 spiro atoms. The van der Waals surface area contributed by atoms with E-state index in [0.717, 1.165) is 12.0 Å². The van der Waals surface area contributed by atoms with Crippen LogP contribution in [0.3, 0.4) is 0 Å². The minimum atomic E-state index is -3.59. The third kappa shape index (κ3) is 6.15. The second-order valence-corrected chi connectivity index (χ2v) is 10.5. The van der Waals surface area contributed by atoms with Crippen LogP contribution in [0.1, 0.15) is 29.5 Å². The summed E-state index contributed by atoms with van der Waals surface area (Å²) in [6, 6.07) is 7.43. The van der Waals surface area contributed by atoms with Gasteiger partial charge in [0, 0.05) is 45.6 Å². The number of nitrogens with one attached hydrogen (secondary N) is 1. The number of aryl methyl sites for hydroxylation is 2. The lowest BCUT2D eigenvalue weighted by Gasteiger charge is -2.34. The van der Waals surface area contributed by atoms with Crippen molar-refractivity contribution >= 4 is 33.2 Å². The molecule has 1 aliphatic heterocycles. The second kappa shape index (κ2) is 10.4. The highest BCUT2D eigenvalue weighted by Gasteiger charge is 2.31. The first-order valence-electron chi connectivity index (χ1n) is 10.4.